The number of benzene rings is 2. The number of aryl methyl sites for hydroxylation is 2. The Balaban J connectivity index is 1.28. The molecule has 2 aliphatic rings. The van der Waals surface area contributed by atoms with Gasteiger partial charge >= 0.3 is 0 Å². The van der Waals surface area contributed by atoms with Crippen LogP contribution in [-0.4, -0.2) is 54.3 Å². The van der Waals surface area contributed by atoms with E-state index in [1.807, 2.05) is 6.92 Å². The number of rotatable bonds is 5. The molecule has 170 valence electrons. The van der Waals surface area contributed by atoms with Crippen LogP contribution in [0.2, 0.25) is 0 Å². The molecule has 1 aliphatic carbocycles. The van der Waals surface area contributed by atoms with Gasteiger partial charge in [0.15, 0.2) is 0 Å². The van der Waals surface area contributed by atoms with Crippen molar-refractivity contribution in [3.05, 3.63) is 70.5 Å². The summed E-state index contributed by atoms with van der Waals surface area (Å²) in [6.45, 7) is 4.98. The molecule has 1 N–H and O–H groups in total. The Hall–Kier alpha value is -2.73. The predicted octanol–water partition coefficient (Wildman–Crippen LogP) is 3.73. The van der Waals surface area contributed by atoms with Crippen LogP contribution in [0.4, 0.5) is 4.39 Å². The summed E-state index contributed by atoms with van der Waals surface area (Å²) in [6, 6.07) is 12.2. The molecule has 5 nitrogen and oxygen atoms in total. The van der Waals surface area contributed by atoms with E-state index in [9.17, 15) is 14.0 Å². The maximum absolute atomic E-state index is 13.1. The number of amides is 2. The van der Waals surface area contributed by atoms with E-state index in [0.717, 1.165) is 31.4 Å². The lowest BCUT2D eigenvalue weighted by atomic mass is 9.89. The number of nitrogens with one attached hydrogen (secondary N) is 1. The second-order valence-electron chi connectivity index (χ2n) is 8.95. The number of nitrogens with zero attached hydrogens (tertiary/aromatic N) is 2. The quantitative estimate of drug-likeness (QED) is 0.776. The highest BCUT2D eigenvalue weighted by Gasteiger charge is 2.22. The molecule has 1 heterocycles. The fourth-order valence-corrected chi connectivity index (χ4v) is 4.70. The summed E-state index contributed by atoms with van der Waals surface area (Å²) < 4.78 is 13.1. The Morgan fingerprint density at radius 1 is 0.938 bits per heavy atom. The van der Waals surface area contributed by atoms with Crippen molar-refractivity contribution in [3.63, 3.8) is 0 Å². The fraction of sp³-hybridized carbons (Fsp3) is 0.462. The van der Waals surface area contributed by atoms with Gasteiger partial charge in [-0.3, -0.25) is 14.5 Å². The van der Waals surface area contributed by atoms with Crippen molar-refractivity contribution in [3.8, 4) is 0 Å². The third kappa shape index (κ3) is 5.54. The van der Waals surface area contributed by atoms with Crippen molar-refractivity contribution >= 4 is 11.8 Å². The summed E-state index contributed by atoms with van der Waals surface area (Å²) in [6.07, 6.45) is 5.60. The SMILES string of the molecule is CC(NC(=O)CN1CCCN(C(=O)c2ccc(F)cc2)CC1)c1ccc2c(c1)CCCC2. The first kappa shape index (κ1) is 22.5. The van der Waals surface area contributed by atoms with Gasteiger partial charge in [0.05, 0.1) is 12.6 Å². The molecule has 32 heavy (non-hydrogen) atoms. The first-order valence-electron chi connectivity index (χ1n) is 11.7. The van der Waals surface area contributed by atoms with Gasteiger partial charge in [-0.2, -0.15) is 0 Å². The standard InChI is InChI=1S/C26H32FN3O2/c1-19(22-8-7-20-5-2-3-6-23(20)17-22)28-25(31)18-29-13-4-14-30(16-15-29)26(32)21-9-11-24(27)12-10-21/h7-12,17,19H,2-6,13-16,18H2,1H3,(H,28,31). The molecule has 1 aliphatic heterocycles. The summed E-state index contributed by atoms with van der Waals surface area (Å²) in [5, 5.41) is 3.14. The van der Waals surface area contributed by atoms with Gasteiger partial charge < -0.3 is 10.2 Å². The highest BCUT2D eigenvalue weighted by atomic mass is 19.1. The van der Waals surface area contributed by atoms with Crippen LogP contribution in [0.1, 0.15) is 59.3 Å². The number of halogens is 1. The smallest absolute Gasteiger partial charge is 0.253 e. The van der Waals surface area contributed by atoms with E-state index < -0.39 is 0 Å². The Labute approximate surface area is 189 Å². The van der Waals surface area contributed by atoms with Crippen molar-refractivity contribution in [2.45, 2.75) is 45.1 Å². The zero-order valence-electron chi connectivity index (χ0n) is 18.8. The van der Waals surface area contributed by atoms with Gasteiger partial charge in [0.25, 0.3) is 5.91 Å². The molecular weight excluding hydrogens is 405 g/mol. The molecule has 2 aromatic rings. The number of hydrogen-bond acceptors (Lipinski definition) is 3. The van der Waals surface area contributed by atoms with Crippen molar-refractivity contribution in [1.29, 1.82) is 0 Å². The van der Waals surface area contributed by atoms with Crippen LogP contribution in [0.25, 0.3) is 0 Å². The number of fused-ring (bicyclic) bond motifs is 1. The largest absolute Gasteiger partial charge is 0.348 e. The number of carbonyl (C=O) groups is 2. The molecule has 1 atom stereocenters. The second-order valence-corrected chi connectivity index (χ2v) is 8.95. The van der Waals surface area contributed by atoms with Gasteiger partial charge in [-0.25, -0.2) is 4.39 Å². The summed E-state index contributed by atoms with van der Waals surface area (Å²) >= 11 is 0. The molecule has 1 unspecified atom stereocenters. The van der Waals surface area contributed by atoms with Crippen LogP contribution in [0.15, 0.2) is 42.5 Å². The molecule has 4 rings (SSSR count). The summed E-state index contributed by atoms with van der Waals surface area (Å²) in [7, 11) is 0. The molecule has 6 heteroatoms. The van der Waals surface area contributed by atoms with E-state index in [2.05, 4.69) is 28.4 Å². The normalized spacial score (nSPS) is 17.9. The maximum atomic E-state index is 13.1. The molecule has 0 bridgehead atoms. The minimum atomic E-state index is -0.348. The van der Waals surface area contributed by atoms with E-state index in [0.29, 0.717) is 31.7 Å². The Morgan fingerprint density at radius 3 is 2.47 bits per heavy atom. The van der Waals surface area contributed by atoms with Crippen molar-refractivity contribution in [2.24, 2.45) is 0 Å². The third-order valence-corrected chi connectivity index (χ3v) is 6.58. The van der Waals surface area contributed by atoms with Gasteiger partial charge in [0.2, 0.25) is 5.91 Å². The maximum Gasteiger partial charge on any atom is 0.253 e. The van der Waals surface area contributed by atoms with Gasteiger partial charge in [0, 0.05) is 31.7 Å². The topological polar surface area (TPSA) is 52.7 Å². The highest BCUT2D eigenvalue weighted by Crippen LogP contribution is 2.24. The van der Waals surface area contributed by atoms with Gasteiger partial charge in [-0.15, -0.1) is 0 Å². The molecule has 0 saturated carbocycles. The third-order valence-electron chi connectivity index (χ3n) is 6.58. The average Bonchev–Trinajstić information content (AvgIpc) is 3.04. The average molecular weight is 438 g/mol. The summed E-state index contributed by atoms with van der Waals surface area (Å²) in [5.74, 6) is -0.426. The van der Waals surface area contributed by atoms with Crippen LogP contribution >= 0.6 is 0 Å². The van der Waals surface area contributed by atoms with Crippen LogP contribution < -0.4 is 5.32 Å². The summed E-state index contributed by atoms with van der Waals surface area (Å²) in [5.41, 5.74) is 4.53. The van der Waals surface area contributed by atoms with E-state index in [1.54, 1.807) is 4.90 Å². The van der Waals surface area contributed by atoms with Crippen molar-refractivity contribution < 1.29 is 14.0 Å². The lowest BCUT2D eigenvalue weighted by molar-refractivity contribution is -0.122. The number of hydrogen-bond donors (Lipinski definition) is 1. The lowest BCUT2D eigenvalue weighted by Gasteiger charge is -2.23. The van der Waals surface area contributed by atoms with Crippen molar-refractivity contribution in [2.75, 3.05) is 32.7 Å². The van der Waals surface area contributed by atoms with Gasteiger partial charge in [-0.1, -0.05) is 18.2 Å². The minimum Gasteiger partial charge on any atom is -0.348 e. The van der Waals surface area contributed by atoms with Crippen LogP contribution in [-0.2, 0) is 17.6 Å². The van der Waals surface area contributed by atoms with E-state index >= 15 is 0 Å². The minimum absolute atomic E-state index is 0.00790. The fourth-order valence-electron chi connectivity index (χ4n) is 4.70. The highest BCUT2D eigenvalue weighted by molar-refractivity contribution is 5.94. The monoisotopic (exact) mass is 437 g/mol. The summed E-state index contributed by atoms with van der Waals surface area (Å²) in [4.78, 5) is 29.3. The molecule has 0 radical (unpaired) electrons. The zero-order valence-corrected chi connectivity index (χ0v) is 18.8. The van der Waals surface area contributed by atoms with E-state index in [1.165, 1.54) is 48.2 Å². The first-order chi connectivity index (χ1) is 15.5. The Morgan fingerprint density at radius 2 is 1.69 bits per heavy atom. The van der Waals surface area contributed by atoms with Crippen LogP contribution in [0, 0.1) is 5.82 Å². The molecule has 1 saturated heterocycles. The predicted molar refractivity (Wildman–Crippen MR) is 123 cm³/mol. The van der Waals surface area contributed by atoms with E-state index in [-0.39, 0.29) is 23.7 Å². The lowest BCUT2D eigenvalue weighted by Crippen LogP contribution is -2.40. The molecule has 1 fully saturated rings. The van der Waals surface area contributed by atoms with Gasteiger partial charge in [-0.05, 0) is 80.0 Å². The molecular formula is C26H32FN3O2. The Kier molecular flexibility index (Phi) is 7.20. The number of carbonyl (C=O) groups excluding carboxylic acids is 2. The van der Waals surface area contributed by atoms with Gasteiger partial charge in [0.1, 0.15) is 5.82 Å². The molecule has 0 aromatic heterocycles. The zero-order chi connectivity index (χ0) is 22.5. The van der Waals surface area contributed by atoms with E-state index in [4.69, 9.17) is 0 Å². The molecule has 2 amide bonds. The first-order valence-corrected chi connectivity index (χ1v) is 11.7. The Bertz CT molecular complexity index is 960. The molecule has 2 aromatic carbocycles. The van der Waals surface area contributed by atoms with Crippen molar-refractivity contribution in [1.82, 2.24) is 15.1 Å². The molecule has 0 spiro atoms. The van der Waals surface area contributed by atoms with Crippen LogP contribution in [0.5, 0.6) is 0 Å². The second kappa shape index (κ2) is 10.3. The van der Waals surface area contributed by atoms with Crippen LogP contribution in [0.3, 0.4) is 0 Å².